The molecule has 0 aliphatic carbocycles. The van der Waals surface area contributed by atoms with Gasteiger partial charge in [-0.1, -0.05) is 48.5 Å². The smallest absolute Gasteiger partial charge is 0.0314 e. The minimum absolute atomic E-state index is 0.802. The van der Waals surface area contributed by atoms with Crippen molar-refractivity contribution in [2.24, 2.45) is 0 Å². The largest absolute Gasteiger partial charge is 0.399 e. The van der Waals surface area contributed by atoms with Gasteiger partial charge in [-0.05, 0) is 35.8 Å². The zero-order chi connectivity index (χ0) is 11.4. The second-order valence-electron chi connectivity index (χ2n) is 3.86. The molecule has 0 saturated carbocycles. The summed E-state index contributed by atoms with van der Waals surface area (Å²) in [6, 6.07) is 18.3. The van der Waals surface area contributed by atoms with Crippen molar-refractivity contribution in [3.63, 3.8) is 0 Å². The number of hydrogen-bond donors (Lipinski definition) is 1. The summed E-state index contributed by atoms with van der Waals surface area (Å²) in [6.45, 7) is 2.11. The predicted molar refractivity (Wildman–Crippen MR) is 70.8 cm³/mol. The molecule has 0 unspecified atom stereocenters. The van der Waals surface area contributed by atoms with E-state index in [0.717, 1.165) is 5.69 Å². The summed E-state index contributed by atoms with van der Waals surface area (Å²) in [6.07, 6.45) is 2.17. The van der Waals surface area contributed by atoms with E-state index in [2.05, 4.69) is 25.1 Å². The molecule has 0 heterocycles. The van der Waals surface area contributed by atoms with Gasteiger partial charge >= 0.3 is 0 Å². The molecule has 0 radical (unpaired) electrons. The highest BCUT2D eigenvalue weighted by molar-refractivity contribution is 5.80. The van der Waals surface area contributed by atoms with Crippen LogP contribution >= 0.6 is 0 Å². The maximum absolute atomic E-state index is 5.66. The summed E-state index contributed by atoms with van der Waals surface area (Å²) < 4.78 is 0. The van der Waals surface area contributed by atoms with E-state index in [0.29, 0.717) is 0 Å². The Hall–Kier alpha value is -2.02. The molecule has 16 heavy (non-hydrogen) atoms. The van der Waals surface area contributed by atoms with Gasteiger partial charge in [-0.2, -0.15) is 0 Å². The molecule has 0 bridgehead atoms. The number of nitrogen functional groups attached to an aromatic ring is 1. The highest BCUT2D eigenvalue weighted by Crippen LogP contribution is 2.18. The molecule has 1 nitrogen and oxygen atoms in total. The van der Waals surface area contributed by atoms with Gasteiger partial charge in [0.15, 0.2) is 0 Å². The van der Waals surface area contributed by atoms with Crippen molar-refractivity contribution in [2.75, 3.05) is 5.73 Å². The van der Waals surface area contributed by atoms with Gasteiger partial charge < -0.3 is 5.73 Å². The van der Waals surface area contributed by atoms with Gasteiger partial charge in [0.05, 0.1) is 0 Å². The van der Waals surface area contributed by atoms with Crippen LogP contribution in [-0.4, -0.2) is 0 Å². The lowest BCUT2D eigenvalue weighted by molar-refractivity contribution is 1.57. The summed E-state index contributed by atoms with van der Waals surface area (Å²) in [5.74, 6) is 0. The van der Waals surface area contributed by atoms with Crippen molar-refractivity contribution in [1.29, 1.82) is 0 Å². The molecule has 0 aromatic heterocycles. The van der Waals surface area contributed by atoms with Gasteiger partial charge in [-0.25, -0.2) is 0 Å². The molecule has 2 aromatic rings. The van der Waals surface area contributed by atoms with Crippen molar-refractivity contribution in [3.8, 4) is 0 Å². The molecular formula is C15H15N. The Balaban J connectivity index is 2.28. The van der Waals surface area contributed by atoms with E-state index in [9.17, 15) is 0 Å². The Kier molecular flexibility index (Phi) is 3.06. The zero-order valence-electron chi connectivity index (χ0n) is 9.35. The highest BCUT2D eigenvalue weighted by Gasteiger charge is 1.95. The first kappa shape index (κ1) is 10.5. The first-order chi connectivity index (χ1) is 7.75. The van der Waals surface area contributed by atoms with Crippen molar-refractivity contribution in [1.82, 2.24) is 0 Å². The second-order valence-corrected chi connectivity index (χ2v) is 3.86. The van der Waals surface area contributed by atoms with Gasteiger partial charge in [0, 0.05) is 5.69 Å². The summed E-state index contributed by atoms with van der Waals surface area (Å²) in [5, 5.41) is 0. The number of rotatable bonds is 2. The van der Waals surface area contributed by atoms with Gasteiger partial charge in [-0.3, -0.25) is 0 Å². The van der Waals surface area contributed by atoms with E-state index < -0.39 is 0 Å². The van der Waals surface area contributed by atoms with Crippen LogP contribution < -0.4 is 5.73 Å². The maximum atomic E-state index is 5.66. The van der Waals surface area contributed by atoms with Gasteiger partial charge in [0.25, 0.3) is 0 Å². The van der Waals surface area contributed by atoms with E-state index >= 15 is 0 Å². The van der Waals surface area contributed by atoms with Crippen molar-refractivity contribution in [2.45, 2.75) is 6.92 Å². The third-order valence-corrected chi connectivity index (χ3v) is 2.55. The molecule has 0 saturated heterocycles. The van der Waals surface area contributed by atoms with Gasteiger partial charge in [0.2, 0.25) is 0 Å². The summed E-state index contributed by atoms with van der Waals surface area (Å²) in [7, 11) is 0. The fraction of sp³-hybridized carbons (Fsp3) is 0.0667. The molecule has 2 aromatic carbocycles. The van der Waals surface area contributed by atoms with Gasteiger partial charge in [-0.15, -0.1) is 0 Å². The third-order valence-electron chi connectivity index (χ3n) is 2.55. The van der Waals surface area contributed by atoms with Crippen LogP contribution in [0.25, 0.3) is 11.6 Å². The van der Waals surface area contributed by atoms with Crippen LogP contribution in [0.15, 0.2) is 54.6 Å². The topological polar surface area (TPSA) is 26.0 Å². The van der Waals surface area contributed by atoms with E-state index in [-0.39, 0.29) is 0 Å². The molecule has 2 rings (SSSR count). The molecule has 0 atom stereocenters. The lowest BCUT2D eigenvalue weighted by atomic mass is 10.0. The average Bonchev–Trinajstić information content (AvgIpc) is 2.31. The number of anilines is 1. The highest BCUT2D eigenvalue weighted by atomic mass is 14.5. The van der Waals surface area contributed by atoms with Gasteiger partial charge in [0.1, 0.15) is 0 Å². The van der Waals surface area contributed by atoms with Crippen LogP contribution in [0.5, 0.6) is 0 Å². The maximum Gasteiger partial charge on any atom is 0.0314 e. The Morgan fingerprint density at radius 2 is 1.56 bits per heavy atom. The molecule has 0 fully saturated rings. The Morgan fingerprint density at radius 1 is 0.938 bits per heavy atom. The predicted octanol–water partition coefficient (Wildman–Crippen LogP) is 3.83. The second kappa shape index (κ2) is 4.67. The zero-order valence-corrected chi connectivity index (χ0v) is 9.35. The van der Waals surface area contributed by atoms with Crippen LogP contribution in [0.2, 0.25) is 0 Å². The summed E-state index contributed by atoms with van der Waals surface area (Å²) >= 11 is 0. The molecule has 1 heteroatoms. The average molecular weight is 209 g/mol. The number of hydrogen-bond acceptors (Lipinski definition) is 1. The Morgan fingerprint density at radius 3 is 2.19 bits per heavy atom. The standard InChI is InChI=1S/C15H15N/c1-12(11-13-5-3-2-4-6-13)14-7-9-15(16)10-8-14/h2-11H,16H2,1H3/b12-11+. The first-order valence-corrected chi connectivity index (χ1v) is 5.35. The molecule has 0 spiro atoms. The fourth-order valence-electron chi connectivity index (χ4n) is 1.63. The van der Waals surface area contributed by atoms with Crippen molar-refractivity contribution < 1.29 is 0 Å². The third kappa shape index (κ3) is 2.51. The van der Waals surface area contributed by atoms with Crippen LogP contribution in [0.1, 0.15) is 18.1 Å². The van der Waals surface area contributed by atoms with E-state index in [1.165, 1.54) is 16.7 Å². The molecule has 80 valence electrons. The minimum Gasteiger partial charge on any atom is -0.399 e. The van der Waals surface area contributed by atoms with Crippen molar-refractivity contribution >= 4 is 17.3 Å². The van der Waals surface area contributed by atoms with E-state index in [4.69, 9.17) is 5.73 Å². The Bertz CT molecular complexity index is 481. The lowest BCUT2D eigenvalue weighted by Crippen LogP contribution is -1.85. The summed E-state index contributed by atoms with van der Waals surface area (Å²) in [5.41, 5.74) is 10.1. The SMILES string of the molecule is C/C(=C\c1ccccc1)c1ccc(N)cc1. The van der Waals surface area contributed by atoms with E-state index in [1.54, 1.807) is 0 Å². The normalized spacial score (nSPS) is 11.4. The van der Waals surface area contributed by atoms with Crippen molar-refractivity contribution in [3.05, 3.63) is 65.7 Å². The van der Waals surface area contributed by atoms with E-state index in [1.807, 2.05) is 42.5 Å². The number of benzene rings is 2. The minimum atomic E-state index is 0.802. The van der Waals surface area contributed by atoms with Crippen LogP contribution in [0.4, 0.5) is 5.69 Å². The molecule has 0 aliphatic rings. The van der Waals surface area contributed by atoms with Crippen LogP contribution in [0, 0.1) is 0 Å². The monoisotopic (exact) mass is 209 g/mol. The lowest BCUT2D eigenvalue weighted by Gasteiger charge is -2.02. The molecular weight excluding hydrogens is 194 g/mol. The molecule has 2 N–H and O–H groups in total. The summed E-state index contributed by atoms with van der Waals surface area (Å²) in [4.78, 5) is 0. The Labute approximate surface area is 96.2 Å². The quantitative estimate of drug-likeness (QED) is 0.590. The number of allylic oxidation sites excluding steroid dienone is 1. The molecule has 0 aliphatic heterocycles. The fourth-order valence-corrected chi connectivity index (χ4v) is 1.63. The first-order valence-electron chi connectivity index (χ1n) is 5.35. The van der Waals surface area contributed by atoms with Crippen LogP contribution in [-0.2, 0) is 0 Å². The van der Waals surface area contributed by atoms with Crippen LogP contribution in [0.3, 0.4) is 0 Å². The number of nitrogens with two attached hydrogens (primary N) is 1. The molecule has 0 amide bonds.